The molecule has 1 atom stereocenters. The number of carboxylic acid groups (broad SMARTS) is 1. The number of benzene rings is 2. The van der Waals surface area contributed by atoms with Crippen LogP contribution in [0.5, 0.6) is 0 Å². The number of furan rings is 1. The van der Waals surface area contributed by atoms with Gasteiger partial charge in [-0.3, -0.25) is 4.79 Å². The summed E-state index contributed by atoms with van der Waals surface area (Å²) < 4.78 is 5.21. The van der Waals surface area contributed by atoms with E-state index in [-0.39, 0.29) is 12.3 Å². The maximum absolute atomic E-state index is 12.5. The highest BCUT2D eigenvalue weighted by molar-refractivity contribution is 5.97. The minimum Gasteiger partial charge on any atom is -0.550 e. The number of aliphatic carboxylic acids is 1. The number of anilines is 1. The van der Waals surface area contributed by atoms with Crippen LogP contribution < -0.4 is 15.7 Å². The topological polar surface area (TPSA) is 99.0 Å². The molecule has 0 radical (unpaired) electrons. The van der Waals surface area contributed by atoms with Gasteiger partial charge in [-0.25, -0.2) is 0 Å². The summed E-state index contributed by atoms with van der Waals surface area (Å²) in [4.78, 5) is 23.4. The van der Waals surface area contributed by atoms with Crippen molar-refractivity contribution in [2.75, 3.05) is 5.32 Å². The van der Waals surface area contributed by atoms with Crippen molar-refractivity contribution >= 4 is 28.3 Å². The molecule has 3 rings (SSSR count). The van der Waals surface area contributed by atoms with E-state index in [0.717, 1.165) is 10.8 Å². The van der Waals surface area contributed by atoms with Crippen LogP contribution in [-0.4, -0.2) is 17.9 Å². The number of quaternary nitrogens is 1. The molecule has 1 aromatic heterocycles. The number of hydrogen-bond acceptors (Lipinski definition) is 4. The Kier molecular flexibility index (Phi) is 5.11. The first-order valence-corrected chi connectivity index (χ1v) is 7.97. The average Bonchev–Trinajstić information content (AvgIpc) is 3.11. The number of carbonyl (C=O) groups excluding carboxylic acids is 2. The molecule has 0 fully saturated rings. The molecule has 3 N–H and O–H groups in total. The minimum atomic E-state index is -1.27. The lowest BCUT2D eigenvalue weighted by molar-refractivity contribution is -0.693. The monoisotopic (exact) mass is 338 g/mol. The first kappa shape index (κ1) is 16.7. The molecule has 2 aromatic carbocycles. The van der Waals surface area contributed by atoms with E-state index in [4.69, 9.17) is 4.42 Å². The predicted molar refractivity (Wildman–Crippen MR) is 90.3 cm³/mol. The standard InChI is InChI=1S/C19H18N2O4/c22-18(23)11-17(20-12-16-6-3-9-25-16)19(24)21-15-8-7-13-4-1-2-5-14(13)10-15/h1-10,17,20H,11-12H2,(H,21,24)(H,22,23)/t17-/m1/s1. The zero-order chi connectivity index (χ0) is 17.6. The van der Waals surface area contributed by atoms with Crippen LogP contribution in [0.2, 0.25) is 0 Å². The Labute approximate surface area is 144 Å². The van der Waals surface area contributed by atoms with E-state index in [2.05, 4.69) is 5.32 Å². The summed E-state index contributed by atoms with van der Waals surface area (Å²) >= 11 is 0. The predicted octanol–water partition coefficient (Wildman–Crippen LogP) is 0.644. The Morgan fingerprint density at radius 3 is 2.60 bits per heavy atom. The van der Waals surface area contributed by atoms with Crippen molar-refractivity contribution in [3.63, 3.8) is 0 Å². The summed E-state index contributed by atoms with van der Waals surface area (Å²) in [5.41, 5.74) is 0.624. The van der Waals surface area contributed by atoms with Gasteiger partial charge in [-0.05, 0) is 35.0 Å². The Hall–Kier alpha value is -3.12. The molecule has 128 valence electrons. The molecular formula is C19H18N2O4. The zero-order valence-corrected chi connectivity index (χ0v) is 13.5. The molecule has 0 unspecified atom stereocenters. The normalized spacial score (nSPS) is 12.0. The first-order chi connectivity index (χ1) is 12.1. The highest BCUT2D eigenvalue weighted by atomic mass is 16.4. The molecule has 0 bridgehead atoms. The third-order valence-corrected chi connectivity index (χ3v) is 3.92. The minimum absolute atomic E-state index is 0.371. The SMILES string of the molecule is O=C([O-])C[C@@H]([NH2+]Cc1ccco1)C(=O)Nc1ccc2ccccc2c1. The molecule has 0 aliphatic carbocycles. The zero-order valence-electron chi connectivity index (χ0n) is 13.5. The molecule has 1 amide bonds. The highest BCUT2D eigenvalue weighted by Gasteiger charge is 2.22. The molecule has 0 spiro atoms. The molecular weight excluding hydrogens is 320 g/mol. The maximum atomic E-state index is 12.5. The molecule has 6 nitrogen and oxygen atoms in total. The Bertz CT molecular complexity index is 874. The number of carbonyl (C=O) groups is 2. The molecule has 3 aromatic rings. The van der Waals surface area contributed by atoms with Crippen LogP contribution in [0, 0.1) is 0 Å². The van der Waals surface area contributed by atoms with Crippen molar-refractivity contribution in [2.24, 2.45) is 0 Å². The Morgan fingerprint density at radius 2 is 1.88 bits per heavy atom. The number of fused-ring (bicyclic) bond motifs is 1. The highest BCUT2D eigenvalue weighted by Crippen LogP contribution is 2.18. The fourth-order valence-electron chi connectivity index (χ4n) is 2.65. The van der Waals surface area contributed by atoms with Gasteiger partial charge in [0.15, 0.2) is 11.8 Å². The van der Waals surface area contributed by atoms with Crippen LogP contribution in [0.25, 0.3) is 10.8 Å². The summed E-state index contributed by atoms with van der Waals surface area (Å²) in [5, 5.41) is 17.4. The van der Waals surface area contributed by atoms with Crippen molar-refractivity contribution in [3.05, 3.63) is 66.6 Å². The Morgan fingerprint density at radius 1 is 1.08 bits per heavy atom. The third kappa shape index (κ3) is 4.45. The second kappa shape index (κ2) is 7.63. The first-order valence-electron chi connectivity index (χ1n) is 7.97. The summed E-state index contributed by atoms with van der Waals surface area (Å²) in [7, 11) is 0. The molecule has 6 heteroatoms. The van der Waals surface area contributed by atoms with Crippen molar-refractivity contribution in [1.82, 2.24) is 0 Å². The fourth-order valence-corrected chi connectivity index (χ4v) is 2.65. The van der Waals surface area contributed by atoms with Crippen LogP contribution in [0.15, 0.2) is 65.3 Å². The van der Waals surface area contributed by atoms with Gasteiger partial charge in [0, 0.05) is 18.1 Å². The van der Waals surface area contributed by atoms with Crippen molar-refractivity contribution in [2.45, 2.75) is 19.0 Å². The lowest BCUT2D eigenvalue weighted by atomic mass is 10.1. The van der Waals surface area contributed by atoms with E-state index in [1.54, 1.807) is 23.5 Å². The van der Waals surface area contributed by atoms with Gasteiger partial charge in [-0.1, -0.05) is 30.3 Å². The van der Waals surface area contributed by atoms with Crippen LogP contribution in [0.1, 0.15) is 12.2 Å². The van der Waals surface area contributed by atoms with E-state index in [0.29, 0.717) is 18.0 Å². The molecule has 0 saturated heterocycles. The summed E-state index contributed by atoms with van der Waals surface area (Å²) in [5.74, 6) is -0.984. The Balaban J connectivity index is 1.70. The van der Waals surface area contributed by atoms with Crippen molar-refractivity contribution in [1.29, 1.82) is 0 Å². The van der Waals surface area contributed by atoms with Gasteiger partial charge in [0.2, 0.25) is 0 Å². The van der Waals surface area contributed by atoms with Gasteiger partial charge in [-0.2, -0.15) is 0 Å². The van der Waals surface area contributed by atoms with Crippen molar-refractivity contribution < 1.29 is 24.4 Å². The molecule has 0 aliphatic rings. The van der Waals surface area contributed by atoms with E-state index in [1.165, 1.54) is 6.26 Å². The average molecular weight is 338 g/mol. The van der Waals surface area contributed by atoms with E-state index in [1.807, 2.05) is 36.4 Å². The van der Waals surface area contributed by atoms with Gasteiger partial charge >= 0.3 is 0 Å². The van der Waals surface area contributed by atoms with Gasteiger partial charge in [-0.15, -0.1) is 0 Å². The summed E-state index contributed by atoms with van der Waals surface area (Å²) in [6.45, 7) is 0.371. The number of amides is 1. The lowest BCUT2D eigenvalue weighted by Crippen LogP contribution is -2.91. The van der Waals surface area contributed by atoms with Gasteiger partial charge in [0.05, 0.1) is 6.26 Å². The second-order valence-electron chi connectivity index (χ2n) is 5.75. The third-order valence-electron chi connectivity index (χ3n) is 3.92. The van der Waals surface area contributed by atoms with E-state index < -0.39 is 12.0 Å². The number of rotatable bonds is 7. The molecule has 1 heterocycles. The van der Waals surface area contributed by atoms with E-state index >= 15 is 0 Å². The van der Waals surface area contributed by atoms with Gasteiger partial charge in [0.25, 0.3) is 5.91 Å². The summed E-state index contributed by atoms with van der Waals surface area (Å²) in [6.07, 6.45) is 1.16. The van der Waals surface area contributed by atoms with Crippen LogP contribution in [0.3, 0.4) is 0 Å². The maximum Gasteiger partial charge on any atom is 0.283 e. The molecule has 0 aliphatic heterocycles. The molecule has 0 saturated carbocycles. The van der Waals surface area contributed by atoms with Crippen molar-refractivity contribution in [3.8, 4) is 0 Å². The van der Waals surface area contributed by atoms with Gasteiger partial charge in [0.1, 0.15) is 6.54 Å². The lowest BCUT2D eigenvalue weighted by Gasteiger charge is -2.16. The van der Waals surface area contributed by atoms with Crippen LogP contribution >= 0.6 is 0 Å². The number of hydrogen-bond donors (Lipinski definition) is 2. The smallest absolute Gasteiger partial charge is 0.283 e. The molecule has 25 heavy (non-hydrogen) atoms. The second-order valence-corrected chi connectivity index (χ2v) is 5.75. The largest absolute Gasteiger partial charge is 0.550 e. The number of nitrogens with one attached hydrogen (secondary N) is 1. The van der Waals surface area contributed by atoms with E-state index in [9.17, 15) is 14.7 Å². The number of nitrogens with two attached hydrogens (primary N) is 1. The fraction of sp³-hybridized carbons (Fsp3) is 0.158. The van der Waals surface area contributed by atoms with Crippen LogP contribution in [0.4, 0.5) is 5.69 Å². The summed E-state index contributed by atoms with van der Waals surface area (Å²) in [6, 6.07) is 16.1. The van der Waals surface area contributed by atoms with Crippen LogP contribution in [-0.2, 0) is 16.1 Å². The quantitative estimate of drug-likeness (QED) is 0.660. The number of carboxylic acids is 1. The van der Waals surface area contributed by atoms with Gasteiger partial charge < -0.3 is 25.0 Å².